The van der Waals surface area contributed by atoms with Crippen molar-refractivity contribution in [2.75, 3.05) is 11.1 Å². The third kappa shape index (κ3) is 4.01. The zero-order valence-electron chi connectivity index (χ0n) is 10.9. The summed E-state index contributed by atoms with van der Waals surface area (Å²) in [5.74, 6) is -0.0803. The van der Waals surface area contributed by atoms with E-state index in [9.17, 15) is 9.18 Å². The maximum absolute atomic E-state index is 13.5. The Balaban J connectivity index is 1.97. The minimum absolute atomic E-state index is 0.00267. The highest BCUT2D eigenvalue weighted by molar-refractivity contribution is 8.01. The lowest BCUT2D eigenvalue weighted by Crippen LogP contribution is -2.13. The molecule has 0 saturated heterocycles. The summed E-state index contributed by atoms with van der Waals surface area (Å²) in [6.45, 7) is 2.13. The van der Waals surface area contributed by atoms with Gasteiger partial charge in [0.1, 0.15) is 5.82 Å². The smallest absolute Gasteiger partial charge is 0.260 e. The second kappa shape index (κ2) is 7.35. The maximum Gasteiger partial charge on any atom is 0.260 e. The number of thioether (sulfide) groups is 1. The fraction of sp³-hybridized carbons (Fsp3) is 0.308. The lowest BCUT2D eigenvalue weighted by atomic mass is 10.2. The van der Waals surface area contributed by atoms with Crippen molar-refractivity contribution >= 4 is 34.1 Å². The van der Waals surface area contributed by atoms with Gasteiger partial charge in [0, 0.05) is 5.75 Å². The number of amides is 1. The van der Waals surface area contributed by atoms with Crippen LogP contribution in [-0.4, -0.2) is 21.9 Å². The number of nitrogens with one attached hydrogen (secondary N) is 1. The minimum atomic E-state index is -0.549. The Kier molecular flexibility index (Phi) is 5.49. The van der Waals surface area contributed by atoms with Gasteiger partial charge in [-0.15, -0.1) is 10.2 Å². The molecule has 0 aliphatic rings. The van der Waals surface area contributed by atoms with E-state index in [2.05, 4.69) is 22.4 Å². The minimum Gasteiger partial charge on any atom is -0.296 e. The van der Waals surface area contributed by atoms with Gasteiger partial charge < -0.3 is 0 Å². The molecule has 0 bridgehead atoms. The van der Waals surface area contributed by atoms with Crippen molar-refractivity contribution in [1.82, 2.24) is 10.2 Å². The summed E-state index contributed by atoms with van der Waals surface area (Å²) < 4.78 is 14.3. The number of hydrogen-bond donors (Lipinski definition) is 1. The largest absolute Gasteiger partial charge is 0.296 e. The average Bonchev–Trinajstić information content (AvgIpc) is 2.87. The third-order valence-electron chi connectivity index (χ3n) is 2.47. The molecule has 1 aromatic heterocycles. The first-order chi connectivity index (χ1) is 9.70. The first-order valence-electron chi connectivity index (χ1n) is 6.23. The molecule has 1 N–H and O–H groups in total. The van der Waals surface area contributed by atoms with E-state index in [0.29, 0.717) is 5.13 Å². The second-order valence-electron chi connectivity index (χ2n) is 4.01. The molecule has 1 heterocycles. The van der Waals surface area contributed by atoms with Gasteiger partial charge in [-0.1, -0.05) is 48.6 Å². The van der Waals surface area contributed by atoms with Crippen LogP contribution in [0.5, 0.6) is 0 Å². The molecule has 7 heteroatoms. The van der Waals surface area contributed by atoms with Gasteiger partial charge in [0.15, 0.2) is 4.34 Å². The molecule has 0 aliphatic carbocycles. The predicted molar refractivity (Wildman–Crippen MR) is 79.9 cm³/mol. The number of hydrogen-bond acceptors (Lipinski definition) is 5. The zero-order valence-corrected chi connectivity index (χ0v) is 12.6. The molecule has 2 rings (SSSR count). The summed E-state index contributed by atoms with van der Waals surface area (Å²) >= 11 is 2.91. The van der Waals surface area contributed by atoms with E-state index < -0.39 is 11.7 Å². The van der Waals surface area contributed by atoms with Gasteiger partial charge in [-0.05, 0) is 18.6 Å². The van der Waals surface area contributed by atoms with E-state index in [1.165, 1.54) is 23.5 Å². The topological polar surface area (TPSA) is 54.9 Å². The number of carbonyl (C=O) groups excluding carboxylic acids is 1. The van der Waals surface area contributed by atoms with Gasteiger partial charge in [-0.25, -0.2) is 4.39 Å². The number of aromatic nitrogens is 2. The van der Waals surface area contributed by atoms with Crippen LogP contribution in [0.3, 0.4) is 0 Å². The van der Waals surface area contributed by atoms with Crippen LogP contribution in [0.25, 0.3) is 0 Å². The van der Waals surface area contributed by atoms with Crippen molar-refractivity contribution in [3.8, 4) is 0 Å². The van der Waals surface area contributed by atoms with Crippen molar-refractivity contribution in [3.63, 3.8) is 0 Å². The number of benzene rings is 1. The highest BCUT2D eigenvalue weighted by Gasteiger charge is 2.13. The summed E-state index contributed by atoms with van der Waals surface area (Å²) in [5, 5.41) is 10.8. The highest BCUT2D eigenvalue weighted by Crippen LogP contribution is 2.26. The predicted octanol–water partition coefficient (Wildman–Crippen LogP) is 3.82. The Hall–Kier alpha value is -1.47. The van der Waals surface area contributed by atoms with Gasteiger partial charge in [-0.2, -0.15) is 0 Å². The van der Waals surface area contributed by atoms with Crippen molar-refractivity contribution in [1.29, 1.82) is 0 Å². The van der Waals surface area contributed by atoms with Crippen LogP contribution in [0.4, 0.5) is 9.52 Å². The van der Waals surface area contributed by atoms with E-state index in [1.54, 1.807) is 23.9 Å². The quantitative estimate of drug-likeness (QED) is 0.500. The van der Waals surface area contributed by atoms with Gasteiger partial charge >= 0.3 is 0 Å². The Morgan fingerprint density at radius 2 is 2.20 bits per heavy atom. The molecule has 4 nitrogen and oxygen atoms in total. The molecule has 1 amide bonds. The van der Waals surface area contributed by atoms with Gasteiger partial charge in [0.25, 0.3) is 5.91 Å². The Morgan fingerprint density at radius 3 is 2.95 bits per heavy atom. The van der Waals surface area contributed by atoms with Crippen LogP contribution < -0.4 is 5.32 Å². The Morgan fingerprint density at radius 1 is 1.40 bits per heavy atom. The molecular weight excluding hydrogens is 297 g/mol. The monoisotopic (exact) mass is 311 g/mol. The molecule has 0 aliphatic heterocycles. The van der Waals surface area contributed by atoms with Crippen molar-refractivity contribution in [3.05, 3.63) is 35.6 Å². The standard InChI is InChI=1S/C13H14FN3OS2/c1-2-3-8-19-13-17-16-12(20-13)15-11(18)9-6-4-5-7-10(9)14/h4-7H,2-3,8H2,1H3,(H,15,16,18). The van der Waals surface area contributed by atoms with Crippen LogP contribution in [0.15, 0.2) is 28.6 Å². The summed E-state index contributed by atoms with van der Waals surface area (Å²) in [7, 11) is 0. The molecule has 106 valence electrons. The van der Waals surface area contributed by atoms with E-state index in [0.717, 1.165) is 22.9 Å². The third-order valence-corrected chi connectivity index (χ3v) is 4.53. The molecule has 20 heavy (non-hydrogen) atoms. The van der Waals surface area contributed by atoms with Crippen molar-refractivity contribution in [2.45, 2.75) is 24.1 Å². The Labute approximate surface area is 124 Å². The lowest BCUT2D eigenvalue weighted by Gasteiger charge is -2.01. The van der Waals surface area contributed by atoms with Gasteiger partial charge in [0.2, 0.25) is 5.13 Å². The fourth-order valence-electron chi connectivity index (χ4n) is 1.43. The molecule has 2 aromatic rings. The zero-order chi connectivity index (χ0) is 14.4. The summed E-state index contributed by atoms with van der Waals surface area (Å²) in [6.07, 6.45) is 2.24. The summed E-state index contributed by atoms with van der Waals surface area (Å²) in [5.41, 5.74) is 0.00267. The maximum atomic E-state index is 13.5. The van der Waals surface area contributed by atoms with E-state index in [-0.39, 0.29) is 5.56 Å². The molecule has 0 unspecified atom stereocenters. The van der Waals surface area contributed by atoms with Crippen LogP contribution in [-0.2, 0) is 0 Å². The first-order valence-corrected chi connectivity index (χ1v) is 8.03. The highest BCUT2D eigenvalue weighted by atomic mass is 32.2. The summed E-state index contributed by atoms with van der Waals surface area (Å²) in [6, 6.07) is 5.84. The van der Waals surface area contributed by atoms with Crippen LogP contribution in [0.2, 0.25) is 0 Å². The van der Waals surface area contributed by atoms with Crippen LogP contribution in [0, 0.1) is 5.82 Å². The SMILES string of the molecule is CCCCSc1nnc(NC(=O)c2ccccc2F)s1. The average molecular weight is 311 g/mol. The number of unbranched alkanes of at least 4 members (excludes halogenated alkanes) is 1. The normalized spacial score (nSPS) is 10.5. The van der Waals surface area contributed by atoms with Crippen LogP contribution >= 0.6 is 23.1 Å². The van der Waals surface area contributed by atoms with Crippen LogP contribution in [0.1, 0.15) is 30.1 Å². The van der Waals surface area contributed by atoms with E-state index in [4.69, 9.17) is 0 Å². The van der Waals surface area contributed by atoms with Crippen molar-refractivity contribution in [2.24, 2.45) is 0 Å². The summed E-state index contributed by atoms with van der Waals surface area (Å²) in [4.78, 5) is 11.9. The van der Waals surface area contributed by atoms with E-state index >= 15 is 0 Å². The molecule has 0 radical (unpaired) electrons. The lowest BCUT2D eigenvalue weighted by molar-refractivity contribution is 0.102. The number of carbonyl (C=O) groups is 1. The molecule has 1 aromatic carbocycles. The second-order valence-corrected chi connectivity index (χ2v) is 6.33. The molecule has 0 spiro atoms. The Bertz CT molecular complexity index is 589. The van der Waals surface area contributed by atoms with Crippen molar-refractivity contribution < 1.29 is 9.18 Å². The molecule has 0 fully saturated rings. The fourth-order valence-corrected chi connectivity index (χ4v) is 3.33. The number of halogens is 1. The number of rotatable bonds is 6. The van der Waals surface area contributed by atoms with Gasteiger partial charge in [0.05, 0.1) is 5.56 Å². The molecule has 0 atom stereocenters. The van der Waals surface area contributed by atoms with E-state index in [1.807, 2.05) is 0 Å². The number of anilines is 1. The first kappa shape index (κ1) is 14.9. The molecule has 0 saturated carbocycles. The molecular formula is C13H14FN3OS2. The van der Waals surface area contributed by atoms with Gasteiger partial charge in [-0.3, -0.25) is 10.1 Å². The number of nitrogens with zero attached hydrogens (tertiary/aromatic N) is 2.